The minimum Gasteiger partial charge on any atom is -0.462 e. The van der Waals surface area contributed by atoms with Crippen LogP contribution in [0, 0.1) is 0 Å². The van der Waals surface area contributed by atoms with E-state index in [9.17, 15) is 14.4 Å². The van der Waals surface area contributed by atoms with Crippen LogP contribution in [0.5, 0.6) is 0 Å². The fraction of sp³-hybridized carbons (Fsp3) is 0.667. The van der Waals surface area contributed by atoms with E-state index in [0.717, 1.165) is 64.2 Å². The Morgan fingerprint density at radius 1 is 0.368 bits per heavy atom. The van der Waals surface area contributed by atoms with Crippen LogP contribution in [0.1, 0.15) is 201 Å². The molecule has 0 aromatic rings. The van der Waals surface area contributed by atoms with E-state index in [2.05, 4.69) is 51.2 Å². The van der Waals surface area contributed by atoms with Gasteiger partial charge in [-0.25, -0.2) is 0 Å². The standard InChI is InChI=1S/C51H84O6/c1-4-7-10-13-16-19-22-24-25-27-29-32-35-38-41-44-50(53)56-47-48(46-55-49(52)43-40-37-34-31-28-21-18-15-12-9-6-3)57-51(54)45-42-39-36-33-30-26-23-20-17-14-11-8-5-2/h8,11,14,16-17,19-20,22-24,26,30,33,36,48H,4-7,9-10,12-13,15,18,21,25,27-29,31-32,34-35,37-47H2,1-3H3/b11-8-,17-14-,19-16-,23-20-,24-22-,30-26-,36-33-. The van der Waals surface area contributed by atoms with E-state index in [-0.39, 0.29) is 37.5 Å². The molecular formula is C51H84O6. The first-order valence-corrected chi connectivity index (χ1v) is 23.2. The van der Waals surface area contributed by atoms with Crippen molar-refractivity contribution >= 4 is 17.9 Å². The molecule has 6 nitrogen and oxygen atoms in total. The lowest BCUT2D eigenvalue weighted by Gasteiger charge is -2.18. The normalized spacial score (nSPS) is 12.8. The van der Waals surface area contributed by atoms with Crippen LogP contribution < -0.4 is 0 Å². The smallest absolute Gasteiger partial charge is 0.306 e. The maximum Gasteiger partial charge on any atom is 0.306 e. The van der Waals surface area contributed by atoms with Gasteiger partial charge in [-0.05, 0) is 57.8 Å². The summed E-state index contributed by atoms with van der Waals surface area (Å²) in [7, 11) is 0. The van der Waals surface area contributed by atoms with Crippen molar-refractivity contribution in [3.8, 4) is 0 Å². The Balaban J connectivity index is 4.51. The van der Waals surface area contributed by atoms with Gasteiger partial charge in [0.2, 0.25) is 0 Å². The summed E-state index contributed by atoms with van der Waals surface area (Å²) in [6.07, 6.45) is 57.1. The molecule has 1 atom stereocenters. The van der Waals surface area contributed by atoms with Gasteiger partial charge in [0.15, 0.2) is 6.10 Å². The average Bonchev–Trinajstić information content (AvgIpc) is 3.21. The molecule has 0 heterocycles. The molecular weight excluding hydrogens is 709 g/mol. The van der Waals surface area contributed by atoms with Gasteiger partial charge in [-0.3, -0.25) is 14.4 Å². The van der Waals surface area contributed by atoms with Crippen molar-refractivity contribution in [2.24, 2.45) is 0 Å². The zero-order valence-electron chi connectivity index (χ0n) is 36.8. The lowest BCUT2D eigenvalue weighted by molar-refractivity contribution is -0.167. The summed E-state index contributed by atoms with van der Waals surface area (Å²) in [5, 5.41) is 0. The van der Waals surface area contributed by atoms with Crippen LogP contribution in [0.15, 0.2) is 85.1 Å². The number of rotatable bonds is 40. The van der Waals surface area contributed by atoms with Crippen molar-refractivity contribution in [3.63, 3.8) is 0 Å². The van der Waals surface area contributed by atoms with E-state index in [0.29, 0.717) is 19.3 Å². The van der Waals surface area contributed by atoms with Crippen molar-refractivity contribution in [1.82, 2.24) is 0 Å². The molecule has 0 saturated carbocycles. The van der Waals surface area contributed by atoms with Crippen LogP contribution in [0.4, 0.5) is 0 Å². The number of hydrogen-bond donors (Lipinski definition) is 0. The zero-order chi connectivity index (χ0) is 41.5. The lowest BCUT2D eigenvalue weighted by atomic mass is 10.1. The second-order valence-electron chi connectivity index (χ2n) is 15.1. The zero-order valence-corrected chi connectivity index (χ0v) is 36.8. The van der Waals surface area contributed by atoms with E-state index in [1.807, 2.05) is 54.7 Å². The molecule has 0 aliphatic heterocycles. The van der Waals surface area contributed by atoms with Crippen molar-refractivity contribution in [1.29, 1.82) is 0 Å². The summed E-state index contributed by atoms with van der Waals surface area (Å²) in [4.78, 5) is 37.7. The largest absolute Gasteiger partial charge is 0.462 e. The molecule has 0 aliphatic carbocycles. The molecule has 1 unspecified atom stereocenters. The molecule has 0 saturated heterocycles. The summed E-state index contributed by atoms with van der Waals surface area (Å²) >= 11 is 0. The van der Waals surface area contributed by atoms with Crippen LogP contribution >= 0.6 is 0 Å². The lowest BCUT2D eigenvalue weighted by Crippen LogP contribution is -2.30. The van der Waals surface area contributed by atoms with Crippen molar-refractivity contribution in [3.05, 3.63) is 85.1 Å². The molecule has 0 spiro atoms. The highest BCUT2D eigenvalue weighted by molar-refractivity contribution is 5.71. The van der Waals surface area contributed by atoms with Crippen LogP contribution in [-0.2, 0) is 28.6 Å². The molecule has 0 aromatic heterocycles. The monoisotopic (exact) mass is 793 g/mol. The number of carbonyl (C=O) groups excluding carboxylic acids is 3. The summed E-state index contributed by atoms with van der Waals surface area (Å²) in [5.41, 5.74) is 0. The summed E-state index contributed by atoms with van der Waals surface area (Å²) in [6.45, 7) is 6.36. The molecule has 57 heavy (non-hydrogen) atoms. The molecule has 324 valence electrons. The highest BCUT2D eigenvalue weighted by Crippen LogP contribution is 2.13. The van der Waals surface area contributed by atoms with Crippen molar-refractivity contribution in [2.45, 2.75) is 207 Å². The number of unbranched alkanes of at least 4 members (excludes halogenated alkanes) is 20. The number of allylic oxidation sites excluding steroid dienone is 14. The molecule has 0 bridgehead atoms. The number of carbonyl (C=O) groups is 3. The summed E-state index contributed by atoms with van der Waals surface area (Å²) in [5.74, 6) is -1.00. The van der Waals surface area contributed by atoms with Gasteiger partial charge in [-0.1, -0.05) is 209 Å². The fourth-order valence-electron chi connectivity index (χ4n) is 6.05. The number of esters is 3. The first kappa shape index (κ1) is 53.6. The van der Waals surface area contributed by atoms with Gasteiger partial charge in [0.25, 0.3) is 0 Å². The van der Waals surface area contributed by atoms with E-state index in [1.54, 1.807) is 0 Å². The molecule has 0 fully saturated rings. The van der Waals surface area contributed by atoms with Gasteiger partial charge in [-0.15, -0.1) is 0 Å². The van der Waals surface area contributed by atoms with E-state index in [1.165, 1.54) is 89.9 Å². The molecule has 0 N–H and O–H groups in total. The van der Waals surface area contributed by atoms with Gasteiger partial charge >= 0.3 is 17.9 Å². The Bertz CT molecular complexity index is 1140. The summed E-state index contributed by atoms with van der Waals surface area (Å²) in [6, 6.07) is 0. The van der Waals surface area contributed by atoms with E-state index in [4.69, 9.17) is 14.2 Å². The van der Waals surface area contributed by atoms with Crippen LogP contribution in [0.3, 0.4) is 0 Å². The van der Waals surface area contributed by atoms with Crippen LogP contribution in [0.2, 0.25) is 0 Å². The highest BCUT2D eigenvalue weighted by Gasteiger charge is 2.19. The van der Waals surface area contributed by atoms with Gasteiger partial charge in [0.1, 0.15) is 13.2 Å². The fourth-order valence-corrected chi connectivity index (χ4v) is 6.05. The topological polar surface area (TPSA) is 78.9 Å². The maximum absolute atomic E-state index is 12.7. The van der Waals surface area contributed by atoms with E-state index >= 15 is 0 Å². The Morgan fingerprint density at radius 3 is 1.18 bits per heavy atom. The van der Waals surface area contributed by atoms with Gasteiger partial charge < -0.3 is 14.2 Å². The Kier molecular flexibility index (Phi) is 42.6. The highest BCUT2D eigenvalue weighted by atomic mass is 16.6. The van der Waals surface area contributed by atoms with Crippen LogP contribution in [0.25, 0.3) is 0 Å². The maximum atomic E-state index is 12.7. The molecule has 0 amide bonds. The first-order chi connectivity index (χ1) is 28.0. The Labute approximate surface area is 350 Å². The Hall–Kier alpha value is -3.41. The average molecular weight is 793 g/mol. The van der Waals surface area contributed by atoms with Crippen molar-refractivity contribution in [2.75, 3.05) is 13.2 Å². The number of ether oxygens (including phenoxy) is 3. The van der Waals surface area contributed by atoms with E-state index < -0.39 is 6.10 Å². The number of hydrogen-bond acceptors (Lipinski definition) is 6. The molecule has 0 radical (unpaired) electrons. The third-order valence-electron chi connectivity index (χ3n) is 9.54. The van der Waals surface area contributed by atoms with Gasteiger partial charge in [0.05, 0.1) is 0 Å². The second-order valence-corrected chi connectivity index (χ2v) is 15.1. The molecule has 0 aliphatic rings. The van der Waals surface area contributed by atoms with Gasteiger partial charge in [-0.2, -0.15) is 0 Å². The molecule has 0 rings (SSSR count). The quantitative estimate of drug-likeness (QED) is 0.0266. The molecule has 0 aromatic carbocycles. The predicted octanol–water partition coefficient (Wildman–Crippen LogP) is 14.9. The SMILES string of the molecule is CC\C=C/C=C\C=C/C=C\C=C/CCCC(=O)OC(COC(=O)CCCCCCCC/C=C\C=C/CCCCC)COC(=O)CCCCCCCCCCCCC. The second kappa shape index (κ2) is 45.3. The third kappa shape index (κ3) is 43.6. The Morgan fingerprint density at radius 2 is 0.702 bits per heavy atom. The van der Waals surface area contributed by atoms with Gasteiger partial charge in [0, 0.05) is 19.3 Å². The van der Waals surface area contributed by atoms with Crippen molar-refractivity contribution < 1.29 is 28.6 Å². The molecule has 6 heteroatoms. The van der Waals surface area contributed by atoms with Crippen LogP contribution in [-0.4, -0.2) is 37.2 Å². The first-order valence-electron chi connectivity index (χ1n) is 23.2. The minimum atomic E-state index is -0.815. The third-order valence-corrected chi connectivity index (χ3v) is 9.54. The summed E-state index contributed by atoms with van der Waals surface area (Å²) < 4.78 is 16.6. The minimum absolute atomic E-state index is 0.109. The predicted molar refractivity (Wildman–Crippen MR) is 242 cm³/mol.